The largest absolute Gasteiger partial charge is 0.350 e. The Hall–Kier alpha value is -2.25. The first-order chi connectivity index (χ1) is 13.1. The highest BCUT2D eigenvalue weighted by atomic mass is 32.1. The SMILES string of the molecule is CC(C)c1noc2ncc(C(=O)NCC(c3cccs3)N3CCCC3)cc12. The van der Waals surface area contributed by atoms with Gasteiger partial charge in [0.2, 0.25) is 0 Å². The molecule has 3 aromatic heterocycles. The molecule has 3 aromatic rings. The van der Waals surface area contributed by atoms with Gasteiger partial charge in [0, 0.05) is 17.6 Å². The van der Waals surface area contributed by atoms with Crippen molar-refractivity contribution in [1.82, 2.24) is 20.4 Å². The van der Waals surface area contributed by atoms with Crippen molar-refractivity contribution < 1.29 is 9.32 Å². The van der Waals surface area contributed by atoms with Crippen LogP contribution in [-0.4, -0.2) is 40.6 Å². The molecule has 4 heterocycles. The van der Waals surface area contributed by atoms with Crippen LogP contribution in [0.2, 0.25) is 0 Å². The number of aromatic nitrogens is 2. The highest BCUT2D eigenvalue weighted by Gasteiger charge is 2.25. The summed E-state index contributed by atoms with van der Waals surface area (Å²) in [5, 5.41) is 10.1. The second kappa shape index (κ2) is 7.78. The van der Waals surface area contributed by atoms with Crippen LogP contribution in [0, 0.1) is 0 Å². The van der Waals surface area contributed by atoms with Crippen molar-refractivity contribution in [3.8, 4) is 0 Å². The number of hydrogen-bond acceptors (Lipinski definition) is 6. The maximum atomic E-state index is 12.8. The minimum Gasteiger partial charge on any atom is -0.350 e. The van der Waals surface area contributed by atoms with Gasteiger partial charge in [0.25, 0.3) is 11.6 Å². The van der Waals surface area contributed by atoms with Crippen molar-refractivity contribution in [3.63, 3.8) is 0 Å². The molecule has 1 atom stereocenters. The zero-order chi connectivity index (χ0) is 18.8. The molecule has 4 rings (SSSR count). The van der Waals surface area contributed by atoms with Gasteiger partial charge < -0.3 is 9.84 Å². The van der Waals surface area contributed by atoms with E-state index in [9.17, 15) is 4.79 Å². The minimum absolute atomic E-state index is 0.110. The van der Waals surface area contributed by atoms with Crippen molar-refractivity contribution in [2.45, 2.75) is 38.6 Å². The Morgan fingerprint density at radius 2 is 2.19 bits per heavy atom. The van der Waals surface area contributed by atoms with E-state index in [1.807, 2.05) is 19.9 Å². The lowest BCUT2D eigenvalue weighted by Gasteiger charge is -2.26. The van der Waals surface area contributed by atoms with Crippen LogP contribution in [0.25, 0.3) is 11.1 Å². The number of nitrogens with one attached hydrogen (secondary N) is 1. The number of fused-ring (bicyclic) bond motifs is 1. The molecule has 27 heavy (non-hydrogen) atoms. The number of amides is 1. The fourth-order valence-electron chi connectivity index (χ4n) is 3.63. The third kappa shape index (κ3) is 3.75. The van der Waals surface area contributed by atoms with Gasteiger partial charge in [-0.1, -0.05) is 25.1 Å². The van der Waals surface area contributed by atoms with Crippen LogP contribution >= 0.6 is 11.3 Å². The number of pyridine rings is 1. The van der Waals surface area contributed by atoms with Crippen LogP contribution in [0.3, 0.4) is 0 Å². The van der Waals surface area contributed by atoms with Gasteiger partial charge in [-0.05, 0) is 49.4 Å². The summed E-state index contributed by atoms with van der Waals surface area (Å²) in [4.78, 5) is 20.8. The highest BCUT2D eigenvalue weighted by molar-refractivity contribution is 7.10. The molecule has 0 spiro atoms. The van der Waals surface area contributed by atoms with Crippen LogP contribution in [0.4, 0.5) is 0 Å². The second-order valence-electron chi connectivity index (χ2n) is 7.28. The first-order valence-corrected chi connectivity index (χ1v) is 10.3. The van der Waals surface area contributed by atoms with Gasteiger partial charge in [-0.15, -0.1) is 11.3 Å². The lowest BCUT2D eigenvalue weighted by Crippen LogP contribution is -2.36. The molecule has 1 aliphatic heterocycles. The van der Waals surface area contributed by atoms with Gasteiger partial charge in [0.1, 0.15) is 0 Å². The molecule has 7 heteroatoms. The summed E-state index contributed by atoms with van der Waals surface area (Å²) < 4.78 is 5.26. The Morgan fingerprint density at radius 1 is 1.37 bits per heavy atom. The van der Waals surface area contributed by atoms with Gasteiger partial charge in [-0.2, -0.15) is 0 Å². The zero-order valence-electron chi connectivity index (χ0n) is 15.6. The second-order valence-corrected chi connectivity index (χ2v) is 8.26. The Labute approximate surface area is 162 Å². The Bertz CT molecular complexity index is 913. The summed E-state index contributed by atoms with van der Waals surface area (Å²) in [6.07, 6.45) is 4.01. The molecule has 0 saturated carbocycles. The van der Waals surface area contributed by atoms with Crippen LogP contribution in [-0.2, 0) is 0 Å². The fraction of sp³-hybridized carbons (Fsp3) is 0.450. The van der Waals surface area contributed by atoms with Gasteiger partial charge in [-0.25, -0.2) is 4.98 Å². The Morgan fingerprint density at radius 3 is 2.89 bits per heavy atom. The lowest BCUT2D eigenvalue weighted by molar-refractivity contribution is 0.0938. The van der Waals surface area contributed by atoms with Gasteiger partial charge in [0.15, 0.2) is 0 Å². The van der Waals surface area contributed by atoms with E-state index in [0.717, 1.165) is 24.2 Å². The van der Waals surface area contributed by atoms with Crippen molar-refractivity contribution in [2.24, 2.45) is 0 Å². The van der Waals surface area contributed by atoms with E-state index in [0.29, 0.717) is 17.8 Å². The monoisotopic (exact) mass is 384 g/mol. The third-order valence-electron chi connectivity index (χ3n) is 5.08. The van der Waals surface area contributed by atoms with Crippen molar-refractivity contribution in [1.29, 1.82) is 0 Å². The average molecular weight is 385 g/mol. The average Bonchev–Trinajstić information content (AvgIpc) is 3.42. The van der Waals surface area contributed by atoms with E-state index in [1.165, 1.54) is 17.7 Å². The summed E-state index contributed by atoms with van der Waals surface area (Å²) in [5.74, 6) is 0.103. The molecule has 1 unspecified atom stereocenters. The lowest BCUT2D eigenvalue weighted by atomic mass is 10.1. The number of likely N-dealkylation sites (tertiary alicyclic amines) is 1. The Balaban J connectivity index is 1.51. The molecular weight excluding hydrogens is 360 g/mol. The van der Waals surface area contributed by atoms with E-state index in [1.54, 1.807) is 17.5 Å². The summed E-state index contributed by atoms with van der Waals surface area (Å²) in [6, 6.07) is 6.29. The fourth-order valence-corrected chi connectivity index (χ4v) is 4.49. The van der Waals surface area contributed by atoms with E-state index in [-0.39, 0.29) is 17.9 Å². The molecule has 1 amide bonds. The van der Waals surface area contributed by atoms with E-state index in [4.69, 9.17) is 4.52 Å². The number of hydrogen-bond donors (Lipinski definition) is 1. The molecule has 0 aliphatic carbocycles. The molecule has 1 saturated heterocycles. The van der Waals surface area contributed by atoms with Crippen LogP contribution < -0.4 is 5.32 Å². The zero-order valence-corrected chi connectivity index (χ0v) is 16.5. The molecule has 0 radical (unpaired) electrons. The molecule has 1 fully saturated rings. The molecule has 6 nitrogen and oxygen atoms in total. The van der Waals surface area contributed by atoms with Crippen LogP contribution in [0.15, 0.2) is 34.3 Å². The summed E-state index contributed by atoms with van der Waals surface area (Å²) in [6.45, 7) is 6.87. The normalized spacial score (nSPS) is 16.3. The predicted octanol–water partition coefficient (Wildman–Crippen LogP) is 3.97. The van der Waals surface area contributed by atoms with E-state index >= 15 is 0 Å². The van der Waals surface area contributed by atoms with Crippen molar-refractivity contribution in [3.05, 3.63) is 45.9 Å². The standard InChI is InChI=1S/C20H24N4O2S/c1-13(2)18-15-10-14(11-22-20(15)26-23-18)19(25)21-12-16(17-6-5-9-27-17)24-7-3-4-8-24/h5-6,9-11,13,16H,3-4,7-8,12H2,1-2H3,(H,21,25). The quantitative estimate of drug-likeness (QED) is 0.696. The number of nitrogens with zero attached hydrogens (tertiary/aromatic N) is 3. The topological polar surface area (TPSA) is 71.3 Å². The van der Waals surface area contributed by atoms with E-state index < -0.39 is 0 Å². The van der Waals surface area contributed by atoms with Gasteiger partial charge in [0.05, 0.1) is 22.7 Å². The number of carbonyl (C=O) groups excluding carboxylic acids is 1. The molecule has 1 N–H and O–H groups in total. The van der Waals surface area contributed by atoms with E-state index in [2.05, 4.69) is 37.9 Å². The van der Waals surface area contributed by atoms with Gasteiger partial charge in [-0.3, -0.25) is 9.69 Å². The smallest absolute Gasteiger partial charge is 0.257 e. The molecule has 142 valence electrons. The summed E-state index contributed by atoms with van der Waals surface area (Å²) in [5.41, 5.74) is 1.85. The molecule has 0 bridgehead atoms. The predicted molar refractivity (Wildman–Crippen MR) is 106 cm³/mol. The van der Waals surface area contributed by atoms with Crippen LogP contribution in [0.5, 0.6) is 0 Å². The number of rotatable bonds is 6. The van der Waals surface area contributed by atoms with Gasteiger partial charge >= 0.3 is 0 Å². The van der Waals surface area contributed by atoms with Crippen molar-refractivity contribution >= 4 is 28.3 Å². The summed E-state index contributed by atoms with van der Waals surface area (Å²) in [7, 11) is 0. The van der Waals surface area contributed by atoms with Crippen molar-refractivity contribution in [2.75, 3.05) is 19.6 Å². The third-order valence-corrected chi connectivity index (χ3v) is 6.05. The Kier molecular flexibility index (Phi) is 5.22. The first kappa shape index (κ1) is 18.1. The summed E-state index contributed by atoms with van der Waals surface area (Å²) >= 11 is 1.75. The first-order valence-electron chi connectivity index (χ1n) is 9.44. The maximum absolute atomic E-state index is 12.8. The van der Waals surface area contributed by atoms with Crippen LogP contribution in [0.1, 0.15) is 59.6 Å². The number of carbonyl (C=O) groups is 1. The molecule has 0 aromatic carbocycles. The molecular formula is C20H24N4O2S. The maximum Gasteiger partial charge on any atom is 0.257 e. The molecule has 1 aliphatic rings. The highest BCUT2D eigenvalue weighted by Crippen LogP contribution is 2.28. The minimum atomic E-state index is -0.110. The number of thiophene rings is 1.